The third-order valence-corrected chi connectivity index (χ3v) is 6.56. The van der Waals surface area contributed by atoms with Gasteiger partial charge >= 0.3 is 24.7 Å². The zero-order valence-corrected chi connectivity index (χ0v) is 20.4. The number of halogens is 12. The summed E-state index contributed by atoms with van der Waals surface area (Å²) in [6.45, 7) is 4.48. The highest BCUT2D eigenvalue weighted by molar-refractivity contribution is 5.62. The molecule has 2 aromatic rings. The summed E-state index contributed by atoms with van der Waals surface area (Å²) >= 11 is 0. The van der Waals surface area contributed by atoms with Gasteiger partial charge in [-0.1, -0.05) is 13.8 Å². The molecule has 6 N–H and O–H groups in total. The van der Waals surface area contributed by atoms with Gasteiger partial charge in [-0.25, -0.2) is 0 Å². The minimum absolute atomic E-state index is 0.118. The molecule has 0 aliphatic carbocycles. The maximum atomic E-state index is 13.6. The largest absolute Gasteiger partial charge is 0.430 e. The smallest absolute Gasteiger partial charge is 0.398 e. The van der Waals surface area contributed by atoms with Gasteiger partial charge in [0.2, 0.25) is 0 Å². The molecule has 0 heterocycles. The topological polar surface area (TPSA) is 92.5 Å². The number of nitrogens with two attached hydrogens (primary N) is 2. The first kappa shape index (κ1) is 32.3. The molecule has 16 heteroatoms. The molecule has 0 aromatic heterocycles. The molecule has 2 rings (SSSR count). The van der Waals surface area contributed by atoms with Gasteiger partial charge in [0, 0.05) is 27.9 Å². The molecule has 0 aliphatic rings. The van der Waals surface area contributed by atoms with Crippen molar-refractivity contribution >= 4 is 11.4 Å². The van der Waals surface area contributed by atoms with Gasteiger partial charge in [0.25, 0.3) is 11.2 Å². The average Bonchev–Trinajstić information content (AvgIpc) is 2.69. The third-order valence-electron chi connectivity index (χ3n) is 6.56. The lowest BCUT2D eigenvalue weighted by Crippen LogP contribution is -2.54. The van der Waals surface area contributed by atoms with Gasteiger partial charge in [-0.3, -0.25) is 0 Å². The molecule has 0 bridgehead atoms. The van der Waals surface area contributed by atoms with Crippen molar-refractivity contribution in [3.05, 3.63) is 57.6 Å². The van der Waals surface area contributed by atoms with Crippen LogP contribution in [0.2, 0.25) is 0 Å². The standard InChI is InChI=1S/C23H22F12N2O2/c1-9-5-15(36)13(18(38,20(24,25)26)21(27,28)29)7-11(9)17(3,4)12-8-14(16(37)6-10(12)2)19(39,22(30,31)32)23(33,34)35/h5-8,38-39H,36-37H2,1-4H3. The lowest BCUT2D eigenvalue weighted by atomic mass is 9.71. The Morgan fingerprint density at radius 2 is 0.718 bits per heavy atom. The number of benzene rings is 2. The normalized spacial score (nSPS) is 14.6. The summed E-state index contributed by atoms with van der Waals surface area (Å²) in [5.74, 6) is 0. The van der Waals surface area contributed by atoms with Gasteiger partial charge in [-0.2, -0.15) is 52.7 Å². The number of aliphatic hydroxyl groups is 2. The Hall–Kier alpha value is -2.88. The second kappa shape index (κ2) is 9.08. The predicted octanol–water partition coefficient (Wildman–Crippen LogP) is 6.42. The quantitative estimate of drug-likeness (QED) is 0.246. The van der Waals surface area contributed by atoms with Crippen LogP contribution in [0.3, 0.4) is 0 Å². The molecule has 0 spiro atoms. The highest BCUT2D eigenvalue weighted by atomic mass is 19.4. The molecular formula is C23H22F12N2O2. The molecule has 0 saturated heterocycles. The Morgan fingerprint density at radius 3 is 0.923 bits per heavy atom. The first-order valence-corrected chi connectivity index (χ1v) is 10.6. The van der Waals surface area contributed by atoms with Crippen LogP contribution in [0.15, 0.2) is 24.3 Å². The summed E-state index contributed by atoms with van der Waals surface area (Å²) in [6.07, 6.45) is -25.3. The average molecular weight is 586 g/mol. The van der Waals surface area contributed by atoms with E-state index in [4.69, 9.17) is 11.5 Å². The minimum Gasteiger partial charge on any atom is -0.398 e. The molecule has 220 valence electrons. The summed E-state index contributed by atoms with van der Waals surface area (Å²) in [6, 6.07) is 1.76. The molecule has 0 atom stereocenters. The fraction of sp³-hybridized carbons (Fsp3) is 0.478. The number of alkyl halides is 12. The second-order valence-corrected chi connectivity index (χ2v) is 9.55. The van der Waals surface area contributed by atoms with Gasteiger partial charge in [-0.15, -0.1) is 0 Å². The number of rotatable bonds is 4. The molecular weight excluding hydrogens is 564 g/mol. The van der Waals surface area contributed by atoms with Crippen LogP contribution >= 0.6 is 0 Å². The maximum Gasteiger partial charge on any atom is 0.430 e. The maximum absolute atomic E-state index is 13.6. The molecule has 0 saturated carbocycles. The summed E-state index contributed by atoms with van der Waals surface area (Å²) < 4.78 is 163. The number of hydrogen-bond donors (Lipinski definition) is 4. The van der Waals surface area contributed by atoms with E-state index in [0.29, 0.717) is 12.1 Å². The SMILES string of the molecule is Cc1cc(N)c(C(O)(C(F)(F)F)C(F)(F)F)cc1C(C)(C)c1cc(C(O)(C(F)(F)F)C(F)(F)F)c(N)cc1C. The van der Waals surface area contributed by atoms with Crippen LogP contribution in [0.5, 0.6) is 0 Å². The van der Waals surface area contributed by atoms with E-state index in [-0.39, 0.29) is 23.3 Å². The van der Waals surface area contributed by atoms with Crippen molar-refractivity contribution in [3.8, 4) is 0 Å². The van der Waals surface area contributed by atoms with Crippen LogP contribution < -0.4 is 11.5 Å². The van der Waals surface area contributed by atoms with Crippen molar-refractivity contribution in [1.82, 2.24) is 0 Å². The molecule has 0 radical (unpaired) electrons. The first-order chi connectivity index (χ1) is 17.1. The van der Waals surface area contributed by atoms with Crippen molar-refractivity contribution in [1.29, 1.82) is 0 Å². The Labute approximate surface area is 213 Å². The van der Waals surface area contributed by atoms with E-state index in [2.05, 4.69) is 0 Å². The summed E-state index contributed by atoms with van der Waals surface area (Å²) in [4.78, 5) is 0. The van der Waals surface area contributed by atoms with Gasteiger partial charge in [-0.05, 0) is 60.4 Å². The van der Waals surface area contributed by atoms with Gasteiger partial charge < -0.3 is 21.7 Å². The van der Waals surface area contributed by atoms with Gasteiger partial charge in [0.15, 0.2) is 0 Å². The summed E-state index contributed by atoms with van der Waals surface area (Å²) in [7, 11) is 0. The number of nitrogen functional groups attached to an aromatic ring is 2. The molecule has 0 amide bonds. The fourth-order valence-electron chi connectivity index (χ4n) is 4.51. The van der Waals surface area contributed by atoms with Gasteiger partial charge in [0.05, 0.1) is 0 Å². The molecule has 0 fully saturated rings. The highest BCUT2D eigenvalue weighted by Crippen LogP contribution is 2.55. The Bertz CT molecular complexity index is 1130. The van der Waals surface area contributed by atoms with Crippen LogP contribution in [0.4, 0.5) is 64.1 Å². The Balaban J connectivity index is 3.00. The summed E-state index contributed by atoms with van der Waals surface area (Å²) in [5, 5.41) is 19.8. The molecule has 2 aromatic carbocycles. The van der Waals surface area contributed by atoms with E-state index in [1.54, 1.807) is 0 Å². The third kappa shape index (κ3) is 4.85. The van der Waals surface area contributed by atoms with Crippen LogP contribution in [-0.4, -0.2) is 34.9 Å². The van der Waals surface area contributed by atoms with Gasteiger partial charge in [0.1, 0.15) is 0 Å². The summed E-state index contributed by atoms with van der Waals surface area (Å²) in [5.41, 5.74) is -9.21. The van der Waals surface area contributed by atoms with Crippen molar-refractivity contribution < 1.29 is 62.9 Å². The highest BCUT2D eigenvalue weighted by Gasteiger charge is 2.73. The van der Waals surface area contributed by atoms with Crippen molar-refractivity contribution in [2.75, 3.05) is 11.5 Å². The van der Waals surface area contributed by atoms with E-state index in [9.17, 15) is 62.9 Å². The van der Waals surface area contributed by atoms with E-state index in [1.807, 2.05) is 0 Å². The van der Waals surface area contributed by atoms with Crippen molar-refractivity contribution in [2.24, 2.45) is 0 Å². The first-order valence-electron chi connectivity index (χ1n) is 10.6. The minimum atomic E-state index is -6.34. The molecule has 4 nitrogen and oxygen atoms in total. The Kier molecular flexibility index (Phi) is 7.52. The number of aryl methyl sites for hydroxylation is 2. The van der Waals surface area contributed by atoms with Crippen molar-refractivity contribution in [3.63, 3.8) is 0 Å². The zero-order chi connectivity index (χ0) is 30.9. The van der Waals surface area contributed by atoms with Crippen LogP contribution in [-0.2, 0) is 16.6 Å². The number of anilines is 2. The lowest BCUT2D eigenvalue weighted by molar-refractivity contribution is -0.376. The molecule has 0 unspecified atom stereocenters. The molecule has 0 aliphatic heterocycles. The number of hydrogen-bond acceptors (Lipinski definition) is 4. The van der Waals surface area contributed by atoms with E-state index < -0.39 is 75.0 Å². The van der Waals surface area contributed by atoms with Crippen LogP contribution in [0.25, 0.3) is 0 Å². The Morgan fingerprint density at radius 1 is 0.487 bits per heavy atom. The lowest BCUT2D eigenvalue weighted by Gasteiger charge is -2.37. The van der Waals surface area contributed by atoms with Crippen molar-refractivity contribution in [2.45, 2.75) is 69.0 Å². The van der Waals surface area contributed by atoms with Crippen LogP contribution in [0.1, 0.15) is 47.2 Å². The second-order valence-electron chi connectivity index (χ2n) is 9.55. The zero-order valence-electron chi connectivity index (χ0n) is 20.4. The monoisotopic (exact) mass is 586 g/mol. The fourth-order valence-corrected chi connectivity index (χ4v) is 4.51. The molecule has 39 heavy (non-hydrogen) atoms. The van der Waals surface area contributed by atoms with E-state index in [1.165, 1.54) is 0 Å². The van der Waals surface area contributed by atoms with E-state index in [0.717, 1.165) is 27.7 Å². The van der Waals surface area contributed by atoms with E-state index >= 15 is 0 Å². The van der Waals surface area contributed by atoms with Crippen LogP contribution in [0, 0.1) is 13.8 Å². The predicted molar refractivity (Wildman–Crippen MR) is 115 cm³/mol.